The minimum atomic E-state index is 0.00635. The van der Waals surface area contributed by atoms with Crippen molar-refractivity contribution in [1.29, 1.82) is 0 Å². The largest absolute Gasteiger partial charge is 0.496 e. The van der Waals surface area contributed by atoms with Crippen molar-refractivity contribution >= 4 is 10.8 Å². The summed E-state index contributed by atoms with van der Waals surface area (Å²) in [7, 11) is 1.75. The standard InChI is InChI=1S/C27H27NO/c1-19-13-15-23(16-14-19)27(28-20(2)21-9-5-4-6-10-21)26-24-12-8-7-11-22(24)17-18-25(26)29-3/h4-18,20,27-28H,1-3H3/t20-,27-/m1/s1. The van der Waals surface area contributed by atoms with Crippen molar-refractivity contribution in [3.8, 4) is 5.75 Å². The Hall–Kier alpha value is -3.10. The smallest absolute Gasteiger partial charge is 0.124 e. The Morgan fingerprint density at radius 1 is 0.724 bits per heavy atom. The zero-order chi connectivity index (χ0) is 20.2. The third kappa shape index (κ3) is 4.03. The van der Waals surface area contributed by atoms with E-state index in [0.29, 0.717) is 0 Å². The predicted octanol–water partition coefficient (Wildman–Crippen LogP) is 6.60. The number of hydrogen-bond donors (Lipinski definition) is 1. The Labute approximate surface area is 173 Å². The molecule has 0 spiro atoms. The van der Waals surface area contributed by atoms with Gasteiger partial charge in [0.15, 0.2) is 0 Å². The first kappa shape index (κ1) is 19.2. The van der Waals surface area contributed by atoms with E-state index in [-0.39, 0.29) is 12.1 Å². The molecule has 0 aliphatic rings. The lowest BCUT2D eigenvalue weighted by Crippen LogP contribution is -2.26. The summed E-state index contributed by atoms with van der Waals surface area (Å²) >= 11 is 0. The number of nitrogens with one attached hydrogen (secondary N) is 1. The van der Waals surface area contributed by atoms with Gasteiger partial charge in [0.1, 0.15) is 5.75 Å². The van der Waals surface area contributed by atoms with Gasteiger partial charge in [0.25, 0.3) is 0 Å². The third-order valence-electron chi connectivity index (χ3n) is 5.57. The molecule has 0 unspecified atom stereocenters. The van der Waals surface area contributed by atoms with Crippen molar-refractivity contribution in [3.05, 3.63) is 113 Å². The van der Waals surface area contributed by atoms with E-state index in [1.54, 1.807) is 7.11 Å². The molecule has 0 radical (unpaired) electrons. The van der Waals surface area contributed by atoms with Crippen LogP contribution in [0.3, 0.4) is 0 Å². The topological polar surface area (TPSA) is 21.3 Å². The van der Waals surface area contributed by atoms with Crippen molar-refractivity contribution in [2.45, 2.75) is 25.9 Å². The normalized spacial score (nSPS) is 13.2. The van der Waals surface area contributed by atoms with Crippen molar-refractivity contribution in [2.24, 2.45) is 0 Å². The Morgan fingerprint density at radius 2 is 1.41 bits per heavy atom. The lowest BCUT2D eigenvalue weighted by atomic mass is 9.91. The molecule has 1 N–H and O–H groups in total. The molecule has 0 aliphatic carbocycles. The fraction of sp³-hybridized carbons (Fsp3) is 0.185. The van der Waals surface area contributed by atoms with Crippen molar-refractivity contribution in [3.63, 3.8) is 0 Å². The summed E-state index contributed by atoms with van der Waals surface area (Å²) in [6.45, 7) is 4.34. The average Bonchev–Trinajstić information content (AvgIpc) is 2.78. The third-order valence-corrected chi connectivity index (χ3v) is 5.57. The van der Waals surface area contributed by atoms with Gasteiger partial charge in [-0.05, 0) is 41.8 Å². The quantitative estimate of drug-likeness (QED) is 0.406. The second-order valence-electron chi connectivity index (χ2n) is 7.55. The molecule has 29 heavy (non-hydrogen) atoms. The second kappa shape index (κ2) is 8.50. The summed E-state index contributed by atoms with van der Waals surface area (Å²) in [6.07, 6.45) is 0. The summed E-state index contributed by atoms with van der Waals surface area (Å²) in [5.74, 6) is 0.905. The number of methoxy groups -OCH3 is 1. The number of aryl methyl sites for hydroxylation is 1. The van der Waals surface area contributed by atoms with Crippen LogP contribution in [0.5, 0.6) is 5.75 Å². The average molecular weight is 382 g/mol. The Bertz CT molecular complexity index is 1090. The fourth-order valence-electron chi connectivity index (χ4n) is 3.94. The molecular formula is C27H27NO. The van der Waals surface area contributed by atoms with Crippen LogP contribution in [0.1, 0.15) is 41.3 Å². The van der Waals surface area contributed by atoms with E-state index in [4.69, 9.17) is 4.74 Å². The number of hydrogen-bond acceptors (Lipinski definition) is 2. The van der Waals surface area contributed by atoms with E-state index in [1.165, 1.54) is 33.0 Å². The van der Waals surface area contributed by atoms with Crippen molar-refractivity contribution in [2.75, 3.05) is 7.11 Å². The molecule has 0 amide bonds. The Kier molecular flexibility index (Phi) is 5.64. The molecule has 2 heteroatoms. The highest BCUT2D eigenvalue weighted by Gasteiger charge is 2.23. The minimum Gasteiger partial charge on any atom is -0.496 e. The summed E-state index contributed by atoms with van der Waals surface area (Å²) in [5.41, 5.74) is 4.93. The van der Waals surface area contributed by atoms with Gasteiger partial charge in [-0.15, -0.1) is 0 Å². The van der Waals surface area contributed by atoms with Gasteiger partial charge in [0.2, 0.25) is 0 Å². The number of rotatable bonds is 6. The lowest BCUT2D eigenvalue weighted by Gasteiger charge is -2.27. The van der Waals surface area contributed by atoms with Crippen LogP contribution in [0.2, 0.25) is 0 Å². The molecule has 0 aromatic heterocycles. The monoisotopic (exact) mass is 381 g/mol. The second-order valence-corrected chi connectivity index (χ2v) is 7.55. The molecule has 0 saturated heterocycles. The van der Waals surface area contributed by atoms with E-state index in [0.717, 1.165) is 5.75 Å². The first-order valence-corrected chi connectivity index (χ1v) is 10.1. The van der Waals surface area contributed by atoms with E-state index < -0.39 is 0 Å². The molecule has 0 heterocycles. The van der Waals surface area contributed by atoms with Crippen molar-refractivity contribution in [1.82, 2.24) is 5.32 Å². The summed E-state index contributed by atoms with van der Waals surface area (Å²) in [5, 5.41) is 6.30. The molecule has 0 bridgehead atoms. The van der Waals surface area contributed by atoms with Crippen LogP contribution in [0, 0.1) is 6.92 Å². The van der Waals surface area contributed by atoms with Gasteiger partial charge in [-0.1, -0.05) is 90.5 Å². The maximum Gasteiger partial charge on any atom is 0.124 e. The van der Waals surface area contributed by atoms with E-state index in [2.05, 4.69) is 110 Å². The van der Waals surface area contributed by atoms with Gasteiger partial charge in [0, 0.05) is 11.6 Å². The molecule has 4 aromatic rings. The highest BCUT2D eigenvalue weighted by atomic mass is 16.5. The SMILES string of the molecule is COc1ccc2ccccc2c1[C@H](N[C@H](C)c1ccccc1)c1ccc(C)cc1. The lowest BCUT2D eigenvalue weighted by molar-refractivity contribution is 0.401. The van der Waals surface area contributed by atoms with E-state index in [1.807, 2.05) is 0 Å². The molecule has 4 rings (SSSR count). The fourth-order valence-corrected chi connectivity index (χ4v) is 3.94. The molecular weight excluding hydrogens is 354 g/mol. The van der Waals surface area contributed by atoms with Crippen LogP contribution in [0.15, 0.2) is 91.0 Å². The Balaban J connectivity index is 1.87. The molecule has 2 nitrogen and oxygen atoms in total. The number of benzene rings is 4. The van der Waals surface area contributed by atoms with Gasteiger partial charge in [-0.3, -0.25) is 5.32 Å². The van der Waals surface area contributed by atoms with Gasteiger partial charge in [-0.25, -0.2) is 0 Å². The maximum absolute atomic E-state index is 5.83. The zero-order valence-corrected chi connectivity index (χ0v) is 17.2. The highest BCUT2D eigenvalue weighted by molar-refractivity contribution is 5.88. The summed E-state index contributed by atoms with van der Waals surface area (Å²) in [4.78, 5) is 0. The van der Waals surface area contributed by atoms with Gasteiger partial charge < -0.3 is 4.74 Å². The molecule has 0 saturated carbocycles. The van der Waals surface area contributed by atoms with E-state index in [9.17, 15) is 0 Å². The van der Waals surface area contributed by atoms with Crippen LogP contribution in [0.25, 0.3) is 10.8 Å². The van der Waals surface area contributed by atoms with Crippen LogP contribution in [0.4, 0.5) is 0 Å². The molecule has 0 aliphatic heterocycles. The minimum absolute atomic E-state index is 0.00635. The summed E-state index contributed by atoms with van der Waals surface area (Å²) in [6, 6.07) is 32.3. The zero-order valence-electron chi connectivity index (χ0n) is 17.2. The first-order valence-electron chi connectivity index (χ1n) is 10.1. The van der Waals surface area contributed by atoms with Crippen LogP contribution >= 0.6 is 0 Å². The van der Waals surface area contributed by atoms with Crippen LogP contribution in [-0.2, 0) is 0 Å². The predicted molar refractivity (Wildman–Crippen MR) is 122 cm³/mol. The maximum atomic E-state index is 5.83. The van der Waals surface area contributed by atoms with Crippen LogP contribution in [-0.4, -0.2) is 7.11 Å². The van der Waals surface area contributed by atoms with Gasteiger partial charge >= 0.3 is 0 Å². The van der Waals surface area contributed by atoms with Crippen LogP contribution < -0.4 is 10.1 Å². The van der Waals surface area contributed by atoms with Gasteiger partial charge in [0.05, 0.1) is 13.2 Å². The molecule has 2 atom stereocenters. The molecule has 4 aromatic carbocycles. The number of fused-ring (bicyclic) bond motifs is 1. The first-order chi connectivity index (χ1) is 14.2. The highest BCUT2D eigenvalue weighted by Crippen LogP contribution is 2.37. The van der Waals surface area contributed by atoms with Crippen molar-refractivity contribution < 1.29 is 4.74 Å². The summed E-state index contributed by atoms with van der Waals surface area (Å²) < 4.78 is 5.83. The van der Waals surface area contributed by atoms with E-state index >= 15 is 0 Å². The Morgan fingerprint density at radius 3 is 2.14 bits per heavy atom. The van der Waals surface area contributed by atoms with Gasteiger partial charge in [-0.2, -0.15) is 0 Å². The number of ether oxygens (including phenoxy) is 1. The molecule has 146 valence electrons. The molecule has 0 fully saturated rings.